The summed E-state index contributed by atoms with van der Waals surface area (Å²) in [6.07, 6.45) is 1.96. The van der Waals surface area contributed by atoms with Crippen LogP contribution >= 0.6 is 0 Å². The van der Waals surface area contributed by atoms with Gasteiger partial charge in [0, 0.05) is 32.0 Å². The fourth-order valence-corrected chi connectivity index (χ4v) is 2.97. The zero-order valence-corrected chi connectivity index (χ0v) is 12.8. The standard InChI is InChI=1S/C15H16F3N5O/c16-15(17,18)13-6-19-4-3-12(13)14(24)22-5-1-2-11(7-22)8-23-10-20-9-21-23/h3-4,6,9-11H,1-2,5,7-8H2. The highest BCUT2D eigenvalue weighted by atomic mass is 19.4. The van der Waals surface area contributed by atoms with E-state index in [4.69, 9.17) is 0 Å². The van der Waals surface area contributed by atoms with Crippen LogP contribution in [0.5, 0.6) is 0 Å². The molecule has 1 unspecified atom stereocenters. The van der Waals surface area contributed by atoms with Crippen LogP contribution in [0, 0.1) is 5.92 Å². The zero-order chi connectivity index (χ0) is 17.2. The first-order chi connectivity index (χ1) is 11.4. The van der Waals surface area contributed by atoms with Crippen LogP contribution in [0.1, 0.15) is 28.8 Å². The second kappa shape index (κ2) is 6.58. The Morgan fingerprint density at radius 1 is 1.33 bits per heavy atom. The van der Waals surface area contributed by atoms with Crippen molar-refractivity contribution in [3.8, 4) is 0 Å². The lowest BCUT2D eigenvalue weighted by Crippen LogP contribution is -2.41. The van der Waals surface area contributed by atoms with Crippen molar-refractivity contribution in [2.24, 2.45) is 5.92 Å². The highest BCUT2D eigenvalue weighted by Gasteiger charge is 2.37. The molecule has 1 aliphatic heterocycles. The van der Waals surface area contributed by atoms with Gasteiger partial charge in [0.05, 0.1) is 11.1 Å². The molecule has 9 heteroatoms. The number of carbonyl (C=O) groups is 1. The topological polar surface area (TPSA) is 63.9 Å². The number of amides is 1. The molecule has 2 aromatic heterocycles. The van der Waals surface area contributed by atoms with Gasteiger partial charge in [-0.2, -0.15) is 18.3 Å². The van der Waals surface area contributed by atoms with Gasteiger partial charge in [-0.15, -0.1) is 0 Å². The Bertz CT molecular complexity index is 701. The van der Waals surface area contributed by atoms with Crippen LogP contribution in [0.4, 0.5) is 13.2 Å². The number of likely N-dealkylation sites (tertiary alicyclic amines) is 1. The van der Waals surface area contributed by atoms with Gasteiger partial charge in [0.1, 0.15) is 12.7 Å². The maximum Gasteiger partial charge on any atom is 0.418 e. The fraction of sp³-hybridized carbons (Fsp3) is 0.467. The molecule has 1 aliphatic rings. The Hall–Kier alpha value is -2.45. The number of rotatable bonds is 3. The van der Waals surface area contributed by atoms with Gasteiger partial charge >= 0.3 is 6.18 Å². The third-order valence-corrected chi connectivity index (χ3v) is 4.07. The van der Waals surface area contributed by atoms with Crippen LogP contribution in [0.2, 0.25) is 0 Å². The number of aromatic nitrogens is 4. The van der Waals surface area contributed by atoms with Gasteiger partial charge in [0.2, 0.25) is 0 Å². The van der Waals surface area contributed by atoms with E-state index in [1.54, 1.807) is 11.0 Å². The van der Waals surface area contributed by atoms with E-state index in [0.29, 0.717) is 25.8 Å². The number of hydrogen-bond acceptors (Lipinski definition) is 4. The molecular weight excluding hydrogens is 323 g/mol. The van der Waals surface area contributed by atoms with E-state index in [1.807, 2.05) is 0 Å². The van der Waals surface area contributed by atoms with Gasteiger partial charge < -0.3 is 4.90 Å². The number of nitrogens with zero attached hydrogens (tertiary/aromatic N) is 5. The first-order valence-electron chi connectivity index (χ1n) is 7.58. The number of hydrogen-bond donors (Lipinski definition) is 0. The molecule has 0 aliphatic carbocycles. The summed E-state index contributed by atoms with van der Waals surface area (Å²) in [6.45, 7) is 1.44. The lowest BCUT2D eigenvalue weighted by atomic mass is 9.97. The summed E-state index contributed by atoms with van der Waals surface area (Å²) in [4.78, 5) is 21.4. The molecule has 0 N–H and O–H groups in total. The van der Waals surface area contributed by atoms with Crippen molar-refractivity contribution in [2.45, 2.75) is 25.6 Å². The molecule has 3 rings (SSSR count). The van der Waals surface area contributed by atoms with Gasteiger partial charge in [-0.05, 0) is 24.8 Å². The van der Waals surface area contributed by atoms with E-state index in [9.17, 15) is 18.0 Å². The second-order valence-corrected chi connectivity index (χ2v) is 5.80. The van der Waals surface area contributed by atoms with Gasteiger partial charge in [-0.1, -0.05) is 0 Å². The molecule has 0 saturated carbocycles. The van der Waals surface area contributed by atoms with E-state index in [2.05, 4.69) is 15.1 Å². The number of alkyl halides is 3. The average molecular weight is 339 g/mol. The van der Waals surface area contributed by atoms with Crippen molar-refractivity contribution >= 4 is 5.91 Å². The first-order valence-corrected chi connectivity index (χ1v) is 7.58. The predicted octanol–water partition coefficient (Wildman–Crippen LogP) is 2.24. The molecule has 0 bridgehead atoms. The maximum absolute atomic E-state index is 13.1. The van der Waals surface area contributed by atoms with E-state index in [0.717, 1.165) is 18.9 Å². The average Bonchev–Trinajstić information content (AvgIpc) is 3.06. The molecule has 24 heavy (non-hydrogen) atoms. The molecule has 1 saturated heterocycles. The first kappa shape index (κ1) is 16.4. The number of halogens is 3. The van der Waals surface area contributed by atoms with Crippen molar-refractivity contribution in [1.82, 2.24) is 24.6 Å². The molecule has 0 radical (unpaired) electrons. The molecule has 0 aromatic carbocycles. The summed E-state index contributed by atoms with van der Waals surface area (Å²) < 4.78 is 40.9. The lowest BCUT2D eigenvalue weighted by molar-refractivity contribution is -0.138. The molecule has 6 nitrogen and oxygen atoms in total. The highest BCUT2D eigenvalue weighted by molar-refractivity contribution is 5.95. The Kier molecular flexibility index (Phi) is 4.50. The molecule has 2 aromatic rings. The third-order valence-electron chi connectivity index (χ3n) is 4.07. The Morgan fingerprint density at radius 2 is 2.17 bits per heavy atom. The number of pyridine rings is 1. The summed E-state index contributed by atoms with van der Waals surface area (Å²) in [5.74, 6) is -0.464. The van der Waals surface area contributed by atoms with Crippen molar-refractivity contribution in [3.63, 3.8) is 0 Å². The van der Waals surface area contributed by atoms with E-state index >= 15 is 0 Å². The monoisotopic (exact) mass is 339 g/mol. The molecule has 128 valence electrons. The Balaban J connectivity index is 1.75. The fourth-order valence-electron chi connectivity index (χ4n) is 2.97. The van der Waals surface area contributed by atoms with E-state index < -0.39 is 17.6 Å². The smallest absolute Gasteiger partial charge is 0.338 e. The molecule has 3 heterocycles. The second-order valence-electron chi connectivity index (χ2n) is 5.80. The van der Waals surface area contributed by atoms with E-state index in [1.165, 1.54) is 17.4 Å². The molecule has 1 atom stereocenters. The van der Waals surface area contributed by atoms with Crippen LogP contribution < -0.4 is 0 Å². The van der Waals surface area contributed by atoms with Crippen molar-refractivity contribution in [2.75, 3.05) is 13.1 Å². The molecular formula is C15H16F3N5O. The summed E-state index contributed by atoms with van der Waals surface area (Å²) in [6, 6.07) is 1.13. The lowest BCUT2D eigenvalue weighted by Gasteiger charge is -2.33. The zero-order valence-electron chi connectivity index (χ0n) is 12.8. The minimum atomic E-state index is -4.60. The summed E-state index contributed by atoms with van der Waals surface area (Å²) >= 11 is 0. The Morgan fingerprint density at radius 3 is 2.88 bits per heavy atom. The predicted molar refractivity (Wildman–Crippen MR) is 77.9 cm³/mol. The van der Waals surface area contributed by atoms with Crippen LogP contribution in [0.25, 0.3) is 0 Å². The van der Waals surface area contributed by atoms with Gasteiger partial charge in [-0.3, -0.25) is 14.5 Å². The molecule has 1 fully saturated rings. The van der Waals surface area contributed by atoms with Gasteiger partial charge in [0.15, 0.2) is 0 Å². The van der Waals surface area contributed by atoms with Crippen molar-refractivity contribution in [3.05, 3.63) is 42.2 Å². The minimum Gasteiger partial charge on any atom is -0.338 e. The van der Waals surface area contributed by atoms with Crippen molar-refractivity contribution < 1.29 is 18.0 Å². The van der Waals surface area contributed by atoms with Gasteiger partial charge in [0.25, 0.3) is 5.91 Å². The summed E-state index contributed by atoms with van der Waals surface area (Å²) in [7, 11) is 0. The highest BCUT2D eigenvalue weighted by Crippen LogP contribution is 2.32. The largest absolute Gasteiger partial charge is 0.418 e. The molecule has 1 amide bonds. The Labute approximate surface area is 136 Å². The van der Waals surface area contributed by atoms with Crippen LogP contribution in [0.3, 0.4) is 0 Å². The quantitative estimate of drug-likeness (QED) is 0.860. The SMILES string of the molecule is O=C(c1ccncc1C(F)(F)F)N1CCCC(Cn2cncn2)C1. The van der Waals surface area contributed by atoms with Crippen LogP contribution in [0.15, 0.2) is 31.1 Å². The van der Waals surface area contributed by atoms with Crippen molar-refractivity contribution in [1.29, 1.82) is 0 Å². The van der Waals surface area contributed by atoms with Gasteiger partial charge in [-0.25, -0.2) is 4.98 Å². The van der Waals surface area contributed by atoms with Crippen LogP contribution in [-0.2, 0) is 12.7 Å². The molecule has 0 spiro atoms. The normalized spacial score (nSPS) is 18.6. The maximum atomic E-state index is 13.1. The number of carbonyl (C=O) groups excluding carboxylic acids is 1. The van der Waals surface area contributed by atoms with E-state index in [-0.39, 0.29) is 11.5 Å². The summed E-state index contributed by atoms with van der Waals surface area (Å²) in [5.41, 5.74) is -1.34. The number of piperidine rings is 1. The minimum absolute atomic E-state index is 0.139. The van der Waals surface area contributed by atoms with Crippen LogP contribution in [-0.4, -0.2) is 43.6 Å². The summed E-state index contributed by atoms with van der Waals surface area (Å²) in [5, 5.41) is 4.03. The third kappa shape index (κ3) is 3.55.